The first-order chi connectivity index (χ1) is 11.5. The van der Waals surface area contributed by atoms with Crippen LogP contribution in [0.5, 0.6) is 0 Å². The Morgan fingerprint density at radius 3 is 2.68 bits per heavy atom. The molecule has 0 spiro atoms. The van der Waals surface area contributed by atoms with Crippen molar-refractivity contribution in [2.45, 2.75) is 31.0 Å². The average Bonchev–Trinajstić information content (AvgIpc) is 3.09. The van der Waals surface area contributed by atoms with Gasteiger partial charge in [0.05, 0.1) is 6.33 Å². The zero-order chi connectivity index (χ0) is 19.0. The summed E-state index contributed by atoms with van der Waals surface area (Å²) in [4.78, 5) is 30.0. The second kappa shape index (κ2) is 6.66. The quantitative estimate of drug-likeness (QED) is 0.798. The molecule has 1 aliphatic carbocycles. The fourth-order valence-electron chi connectivity index (χ4n) is 3.16. The van der Waals surface area contributed by atoms with Crippen LogP contribution in [0.15, 0.2) is 6.33 Å². The topological polar surface area (TPSA) is 78.7 Å². The monoisotopic (exact) mass is 362 g/mol. The number of nitrogens with zero attached hydrogens (tertiary/aromatic N) is 4. The summed E-state index contributed by atoms with van der Waals surface area (Å²) in [5.41, 5.74) is -2.52. The highest BCUT2D eigenvalue weighted by Crippen LogP contribution is 2.45. The minimum atomic E-state index is -4.67. The number of amides is 2. The molecule has 1 N–H and O–H groups in total. The first-order valence-corrected chi connectivity index (χ1v) is 7.74. The summed E-state index contributed by atoms with van der Waals surface area (Å²) >= 11 is 0. The summed E-state index contributed by atoms with van der Waals surface area (Å²) in [7, 11) is 4.52. The van der Waals surface area contributed by atoms with Crippen molar-refractivity contribution in [3.05, 3.63) is 12.0 Å². The van der Waals surface area contributed by atoms with E-state index in [1.165, 1.54) is 29.9 Å². The molecule has 0 aliphatic heterocycles. The van der Waals surface area contributed by atoms with Gasteiger partial charge in [0.2, 0.25) is 6.41 Å². The number of hydrogen-bond acceptors (Lipinski definition) is 4. The largest absolute Gasteiger partial charge is 0.417 e. The van der Waals surface area contributed by atoms with Gasteiger partial charge in [0.1, 0.15) is 0 Å². The van der Waals surface area contributed by atoms with Gasteiger partial charge in [-0.3, -0.25) is 9.59 Å². The highest BCUT2D eigenvalue weighted by molar-refractivity contribution is 5.99. The van der Waals surface area contributed by atoms with Crippen molar-refractivity contribution >= 4 is 18.1 Å². The number of alkyl halides is 3. The minimum absolute atomic E-state index is 0.0760. The maximum atomic E-state index is 12.9. The molecule has 2 atom stereocenters. The van der Waals surface area contributed by atoms with Crippen molar-refractivity contribution in [2.75, 3.05) is 25.5 Å². The molecular formula is C15H21F3N4O3. The molecule has 7 nitrogen and oxygen atoms in total. The molecule has 0 aromatic carbocycles. The van der Waals surface area contributed by atoms with E-state index in [0.717, 1.165) is 4.90 Å². The van der Waals surface area contributed by atoms with Gasteiger partial charge in [-0.1, -0.05) is 0 Å². The van der Waals surface area contributed by atoms with Crippen LogP contribution in [0, 0.1) is 5.92 Å². The van der Waals surface area contributed by atoms with Crippen LogP contribution < -0.4 is 4.90 Å². The third-order valence-corrected chi connectivity index (χ3v) is 4.61. The molecule has 2 unspecified atom stereocenters. The Hall–Kier alpha value is -2.10. The lowest BCUT2D eigenvalue weighted by Gasteiger charge is -2.27. The molecule has 1 aromatic heterocycles. The van der Waals surface area contributed by atoms with E-state index in [4.69, 9.17) is 0 Å². The Labute approximate surface area is 143 Å². The predicted octanol–water partition coefficient (Wildman–Crippen LogP) is 1.18. The minimum Gasteiger partial charge on any atom is -0.380 e. The Morgan fingerprint density at radius 2 is 2.16 bits per heavy atom. The molecular weight excluding hydrogens is 341 g/mol. The fraction of sp³-hybridized carbons (Fsp3) is 0.667. The zero-order valence-electron chi connectivity index (χ0n) is 14.2. The number of hydrogen-bond donors (Lipinski definition) is 1. The maximum absolute atomic E-state index is 12.9. The van der Waals surface area contributed by atoms with E-state index in [1.54, 1.807) is 7.05 Å². The Morgan fingerprint density at radius 1 is 1.52 bits per heavy atom. The van der Waals surface area contributed by atoms with Gasteiger partial charge in [-0.05, 0) is 25.2 Å². The van der Waals surface area contributed by atoms with Crippen LogP contribution in [-0.4, -0.2) is 64.3 Å². The van der Waals surface area contributed by atoms with Crippen molar-refractivity contribution in [1.29, 1.82) is 0 Å². The Kier molecular flexibility index (Phi) is 5.12. The molecule has 2 amide bonds. The number of imidazole rings is 1. The summed E-state index contributed by atoms with van der Waals surface area (Å²) in [6.07, 6.45) is -3.39. The molecule has 1 fully saturated rings. The second-order valence-corrected chi connectivity index (χ2v) is 6.57. The number of aromatic nitrogens is 2. The van der Waals surface area contributed by atoms with Crippen molar-refractivity contribution in [3.63, 3.8) is 0 Å². The number of aryl methyl sites for hydroxylation is 1. The third kappa shape index (κ3) is 3.63. The van der Waals surface area contributed by atoms with Crippen LogP contribution >= 0.6 is 0 Å². The molecule has 1 heterocycles. The molecule has 1 aromatic rings. The van der Waals surface area contributed by atoms with E-state index in [9.17, 15) is 27.9 Å². The summed E-state index contributed by atoms with van der Waals surface area (Å²) in [6, 6.07) is 0. The highest BCUT2D eigenvalue weighted by Gasteiger charge is 2.57. The molecule has 1 saturated carbocycles. The normalized spacial score (nSPS) is 23.6. The van der Waals surface area contributed by atoms with Crippen LogP contribution in [0.25, 0.3) is 0 Å². The number of carbonyl (C=O) groups is 2. The van der Waals surface area contributed by atoms with Gasteiger partial charge >= 0.3 is 6.18 Å². The molecule has 0 saturated heterocycles. The van der Waals surface area contributed by atoms with Gasteiger partial charge in [0.15, 0.2) is 17.1 Å². The van der Waals surface area contributed by atoms with E-state index >= 15 is 0 Å². The average molecular weight is 362 g/mol. The molecule has 0 bridgehead atoms. The van der Waals surface area contributed by atoms with Gasteiger partial charge < -0.3 is 19.5 Å². The van der Waals surface area contributed by atoms with Crippen molar-refractivity contribution in [3.8, 4) is 0 Å². The Bertz CT molecular complexity index is 661. The number of carbonyl (C=O) groups excluding carboxylic acids is 2. The van der Waals surface area contributed by atoms with Crippen LogP contribution in [0.4, 0.5) is 19.0 Å². The molecule has 0 radical (unpaired) electrons. The number of anilines is 1. The van der Waals surface area contributed by atoms with Crippen LogP contribution in [0.3, 0.4) is 0 Å². The predicted molar refractivity (Wildman–Crippen MR) is 83.0 cm³/mol. The summed E-state index contributed by atoms with van der Waals surface area (Å²) in [6.45, 7) is 0.0760. The molecule has 140 valence electrons. The lowest BCUT2D eigenvalue weighted by atomic mass is 9.99. The smallest absolute Gasteiger partial charge is 0.380 e. The van der Waals surface area contributed by atoms with E-state index in [0.29, 0.717) is 6.41 Å². The highest BCUT2D eigenvalue weighted by atomic mass is 19.4. The van der Waals surface area contributed by atoms with E-state index < -0.39 is 30.0 Å². The van der Waals surface area contributed by atoms with Crippen LogP contribution in [-0.2, 0) is 11.8 Å². The van der Waals surface area contributed by atoms with E-state index in [2.05, 4.69) is 4.98 Å². The van der Waals surface area contributed by atoms with E-state index in [-0.39, 0.29) is 30.9 Å². The third-order valence-electron chi connectivity index (χ3n) is 4.61. The number of aliphatic hydroxyl groups is 1. The van der Waals surface area contributed by atoms with Crippen molar-refractivity contribution in [2.24, 2.45) is 13.0 Å². The number of rotatable bonds is 5. The maximum Gasteiger partial charge on any atom is 0.417 e. The molecule has 10 heteroatoms. The van der Waals surface area contributed by atoms with Gasteiger partial charge in [-0.2, -0.15) is 13.2 Å². The summed E-state index contributed by atoms with van der Waals surface area (Å²) in [5, 5.41) is 9.74. The SMILES string of the molecule is CN(CC1CCC(O)(C(F)(F)F)C1)C(=O)c1c(N(C)C=O)ncn1C. The summed E-state index contributed by atoms with van der Waals surface area (Å²) in [5.74, 6) is -0.736. The lowest BCUT2D eigenvalue weighted by Crippen LogP contribution is -2.43. The van der Waals surface area contributed by atoms with Gasteiger partial charge in [0, 0.05) is 27.7 Å². The molecule has 2 rings (SSSR count). The standard InChI is InChI=1S/C15H21F3N4O3/c1-20(7-10-4-5-14(25,6-10)15(16,17)18)13(24)11-12(22(3)9-23)19-8-21(11)2/h8-10,25H,4-7H2,1-3H3. The van der Waals surface area contributed by atoms with E-state index in [1.807, 2.05) is 0 Å². The van der Waals surface area contributed by atoms with Gasteiger partial charge in [-0.25, -0.2) is 4.98 Å². The fourth-order valence-corrected chi connectivity index (χ4v) is 3.16. The molecule has 1 aliphatic rings. The molecule has 25 heavy (non-hydrogen) atoms. The summed E-state index contributed by atoms with van der Waals surface area (Å²) < 4.78 is 40.1. The van der Waals surface area contributed by atoms with Crippen LogP contribution in [0.1, 0.15) is 29.8 Å². The van der Waals surface area contributed by atoms with Crippen molar-refractivity contribution < 1.29 is 27.9 Å². The lowest BCUT2D eigenvalue weighted by molar-refractivity contribution is -0.258. The van der Waals surface area contributed by atoms with Crippen molar-refractivity contribution in [1.82, 2.24) is 14.5 Å². The first-order valence-electron chi connectivity index (χ1n) is 7.74. The van der Waals surface area contributed by atoms with Gasteiger partial charge in [0.25, 0.3) is 5.91 Å². The second-order valence-electron chi connectivity index (χ2n) is 6.57. The number of halogens is 3. The Balaban J connectivity index is 2.10. The zero-order valence-corrected chi connectivity index (χ0v) is 14.2. The first kappa shape index (κ1) is 19.2. The van der Waals surface area contributed by atoms with Gasteiger partial charge in [-0.15, -0.1) is 0 Å². The van der Waals surface area contributed by atoms with Crippen LogP contribution in [0.2, 0.25) is 0 Å².